The summed E-state index contributed by atoms with van der Waals surface area (Å²) in [6.45, 7) is 2.16. The minimum absolute atomic E-state index is 0. The van der Waals surface area contributed by atoms with Crippen LogP contribution >= 0.6 is 12.4 Å². The number of rotatable bonds is 3. The molecule has 2 rings (SSSR count). The lowest BCUT2D eigenvalue weighted by molar-refractivity contribution is -0.188. The van der Waals surface area contributed by atoms with Gasteiger partial charge in [-0.05, 0) is 19.8 Å². The Hall–Kier alpha value is -1.02. The number of aliphatic carboxylic acids is 1. The van der Waals surface area contributed by atoms with Crippen molar-refractivity contribution in [2.75, 3.05) is 26.2 Å². The minimum atomic E-state index is -4.57. The Labute approximate surface area is 145 Å². The molecule has 24 heavy (non-hydrogen) atoms. The Morgan fingerprint density at radius 3 is 2.04 bits per heavy atom. The number of carbonyl (C=O) groups excluding carboxylic acids is 1. The average Bonchev–Trinajstić information content (AvgIpc) is 2.76. The van der Waals surface area contributed by atoms with Crippen LogP contribution < -0.4 is 0 Å². The molecule has 0 aliphatic carbocycles. The van der Waals surface area contributed by atoms with Gasteiger partial charge in [0.2, 0.25) is 5.91 Å². The maximum Gasteiger partial charge on any atom is 0.393 e. The molecular weight excluding hydrogens is 349 g/mol. The zero-order chi connectivity index (χ0) is 17.2. The Kier molecular flexibility index (Phi) is 7.34. The second-order valence-corrected chi connectivity index (χ2v) is 6.46. The standard InChI is InChI=1S/C15H23F3N2O3.ClH/c1-10(13(21)19-6-4-2-3-5-7-19)20-8-11(14(22)23)12(9-20)15(16,17)18;/h10-12H,2-9H2,1H3,(H,22,23);1H/t10?,11-,12-;/m1./s1. The number of alkyl halides is 3. The van der Waals surface area contributed by atoms with Crippen LogP contribution in [0.4, 0.5) is 13.2 Å². The first-order valence-corrected chi connectivity index (χ1v) is 8.04. The van der Waals surface area contributed by atoms with Crippen LogP contribution in [-0.2, 0) is 9.59 Å². The van der Waals surface area contributed by atoms with E-state index in [0.29, 0.717) is 13.1 Å². The molecule has 0 aromatic rings. The van der Waals surface area contributed by atoms with Gasteiger partial charge in [0, 0.05) is 26.2 Å². The molecule has 3 atom stereocenters. The normalized spacial score (nSPS) is 27.2. The fourth-order valence-corrected chi connectivity index (χ4v) is 3.44. The van der Waals surface area contributed by atoms with Gasteiger partial charge in [-0.1, -0.05) is 12.8 Å². The third-order valence-electron chi connectivity index (χ3n) is 4.91. The van der Waals surface area contributed by atoms with Gasteiger partial charge < -0.3 is 10.0 Å². The fraction of sp³-hybridized carbons (Fsp3) is 0.867. The van der Waals surface area contributed by atoms with E-state index < -0.39 is 36.6 Å². The summed E-state index contributed by atoms with van der Waals surface area (Å²) in [5, 5.41) is 9.05. The zero-order valence-electron chi connectivity index (χ0n) is 13.6. The molecular formula is C15H24ClF3N2O3. The van der Waals surface area contributed by atoms with Gasteiger partial charge in [0.05, 0.1) is 17.9 Å². The summed E-state index contributed by atoms with van der Waals surface area (Å²) < 4.78 is 39.1. The number of hydrogen-bond acceptors (Lipinski definition) is 3. The first-order chi connectivity index (χ1) is 10.7. The summed E-state index contributed by atoms with van der Waals surface area (Å²) in [4.78, 5) is 26.7. The molecule has 0 spiro atoms. The molecule has 2 heterocycles. The number of halogens is 4. The fourth-order valence-electron chi connectivity index (χ4n) is 3.44. The van der Waals surface area contributed by atoms with E-state index in [1.165, 1.54) is 4.90 Å². The number of hydrogen-bond donors (Lipinski definition) is 1. The molecule has 9 heteroatoms. The van der Waals surface area contributed by atoms with Gasteiger partial charge in [-0.25, -0.2) is 0 Å². The molecule has 1 unspecified atom stereocenters. The first kappa shape index (κ1) is 21.0. The van der Waals surface area contributed by atoms with Crippen molar-refractivity contribution in [2.45, 2.75) is 44.8 Å². The van der Waals surface area contributed by atoms with Crippen molar-refractivity contribution in [1.82, 2.24) is 9.80 Å². The quantitative estimate of drug-likeness (QED) is 0.826. The minimum Gasteiger partial charge on any atom is -0.481 e. The van der Waals surface area contributed by atoms with Gasteiger partial charge in [0.15, 0.2) is 0 Å². The second-order valence-electron chi connectivity index (χ2n) is 6.46. The van der Waals surface area contributed by atoms with Gasteiger partial charge in [0.25, 0.3) is 0 Å². The summed E-state index contributed by atoms with van der Waals surface area (Å²) in [5.74, 6) is -5.07. The molecule has 0 aromatic heterocycles. The molecule has 140 valence electrons. The Bertz CT molecular complexity index is 454. The van der Waals surface area contributed by atoms with Crippen molar-refractivity contribution in [3.05, 3.63) is 0 Å². The average molecular weight is 373 g/mol. The smallest absolute Gasteiger partial charge is 0.393 e. The van der Waals surface area contributed by atoms with Crippen LogP contribution in [0, 0.1) is 11.8 Å². The van der Waals surface area contributed by atoms with E-state index in [9.17, 15) is 22.8 Å². The SMILES string of the molecule is CC(C(=O)N1CCCCCC1)N1C[C@@H](C(F)(F)F)[C@H](C(=O)O)C1.Cl. The molecule has 0 saturated carbocycles. The summed E-state index contributed by atoms with van der Waals surface area (Å²) >= 11 is 0. The molecule has 2 aliphatic heterocycles. The third kappa shape index (κ3) is 4.75. The van der Waals surface area contributed by atoms with Crippen molar-refractivity contribution in [3.8, 4) is 0 Å². The summed E-state index contributed by atoms with van der Waals surface area (Å²) in [6, 6.07) is -0.720. The summed E-state index contributed by atoms with van der Waals surface area (Å²) in [6.07, 6.45) is -0.649. The van der Waals surface area contributed by atoms with E-state index in [0.717, 1.165) is 25.7 Å². The van der Waals surface area contributed by atoms with Gasteiger partial charge in [-0.2, -0.15) is 13.2 Å². The lowest BCUT2D eigenvalue weighted by Gasteiger charge is -2.29. The molecule has 1 amide bonds. The van der Waals surface area contributed by atoms with Crippen molar-refractivity contribution in [1.29, 1.82) is 0 Å². The van der Waals surface area contributed by atoms with Crippen LogP contribution in [-0.4, -0.2) is 65.2 Å². The summed E-state index contributed by atoms with van der Waals surface area (Å²) in [7, 11) is 0. The van der Waals surface area contributed by atoms with Crippen molar-refractivity contribution < 1.29 is 27.9 Å². The van der Waals surface area contributed by atoms with Gasteiger partial charge in [-0.15, -0.1) is 12.4 Å². The lowest BCUT2D eigenvalue weighted by Crippen LogP contribution is -2.47. The van der Waals surface area contributed by atoms with Crippen LogP contribution in [0.5, 0.6) is 0 Å². The van der Waals surface area contributed by atoms with Crippen molar-refractivity contribution in [2.24, 2.45) is 11.8 Å². The Morgan fingerprint density at radius 2 is 1.62 bits per heavy atom. The molecule has 0 bridgehead atoms. The highest BCUT2D eigenvalue weighted by molar-refractivity contribution is 5.85. The predicted molar refractivity (Wildman–Crippen MR) is 84.0 cm³/mol. The molecule has 2 fully saturated rings. The van der Waals surface area contributed by atoms with Crippen LogP contribution in [0.3, 0.4) is 0 Å². The van der Waals surface area contributed by atoms with E-state index in [1.807, 2.05) is 0 Å². The van der Waals surface area contributed by atoms with Crippen molar-refractivity contribution in [3.63, 3.8) is 0 Å². The first-order valence-electron chi connectivity index (χ1n) is 8.04. The van der Waals surface area contributed by atoms with Crippen LogP contribution in [0.25, 0.3) is 0 Å². The molecule has 0 radical (unpaired) electrons. The highest BCUT2D eigenvalue weighted by Crippen LogP contribution is 2.38. The van der Waals surface area contributed by atoms with Crippen LogP contribution in [0.2, 0.25) is 0 Å². The van der Waals surface area contributed by atoms with E-state index in [4.69, 9.17) is 5.11 Å². The van der Waals surface area contributed by atoms with Gasteiger partial charge >= 0.3 is 12.1 Å². The number of nitrogens with zero attached hydrogens (tertiary/aromatic N) is 2. The molecule has 2 saturated heterocycles. The Morgan fingerprint density at radius 1 is 1.08 bits per heavy atom. The molecule has 1 N–H and O–H groups in total. The number of carboxylic acids is 1. The van der Waals surface area contributed by atoms with Crippen LogP contribution in [0.15, 0.2) is 0 Å². The number of likely N-dealkylation sites (tertiary alicyclic amines) is 2. The van der Waals surface area contributed by atoms with Gasteiger partial charge in [0.1, 0.15) is 0 Å². The zero-order valence-corrected chi connectivity index (χ0v) is 14.4. The van der Waals surface area contributed by atoms with E-state index in [2.05, 4.69) is 0 Å². The molecule has 5 nitrogen and oxygen atoms in total. The Balaban J connectivity index is 0.00000288. The molecule has 2 aliphatic rings. The monoisotopic (exact) mass is 372 g/mol. The number of amides is 1. The maximum absolute atomic E-state index is 13.0. The predicted octanol–water partition coefficient (Wildman–Crippen LogP) is 2.39. The topological polar surface area (TPSA) is 60.9 Å². The van der Waals surface area contributed by atoms with Crippen LogP contribution in [0.1, 0.15) is 32.6 Å². The van der Waals surface area contributed by atoms with E-state index in [-0.39, 0.29) is 24.9 Å². The molecule has 0 aromatic carbocycles. The van der Waals surface area contributed by atoms with Gasteiger partial charge in [-0.3, -0.25) is 14.5 Å². The summed E-state index contributed by atoms with van der Waals surface area (Å²) in [5.41, 5.74) is 0. The second kappa shape index (κ2) is 8.38. The van der Waals surface area contributed by atoms with Crippen molar-refractivity contribution >= 4 is 24.3 Å². The largest absolute Gasteiger partial charge is 0.481 e. The number of carbonyl (C=O) groups is 2. The number of carboxylic acid groups (broad SMARTS) is 1. The highest BCUT2D eigenvalue weighted by Gasteiger charge is 2.53. The highest BCUT2D eigenvalue weighted by atomic mass is 35.5. The van der Waals surface area contributed by atoms with E-state index in [1.54, 1.807) is 11.8 Å². The maximum atomic E-state index is 13.0. The van der Waals surface area contributed by atoms with E-state index >= 15 is 0 Å². The lowest BCUT2D eigenvalue weighted by atomic mass is 9.96. The third-order valence-corrected chi connectivity index (χ3v) is 4.91.